The minimum Gasteiger partial charge on any atom is -0.336 e. The van der Waals surface area contributed by atoms with Crippen molar-refractivity contribution in [3.63, 3.8) is 0 Å². The number of rotatable bonds is 4. The van der Waals surface area contributed by atoms with Crippen molar-refractivity contribution in [1.29, 1.82) is 0 Å². The van der Waals surface area contributed by atoms with E-state index in [9.17, 15) is 9.18 Å². The Morgan fingerprint density at radius 3 is 2.70 bits per heavy atom. The van der Waals surface area contributed by atoms with E-state index < -0.39 is 0 Å². The molecule has 0 aliphatic carbocycles. The van der Waals surface area contributed by atoms with Crippen molar-refractivity contribution in [1.82, 2.24) is 19.9 Å². The molecular weight excluding hydrogens is 295 g/mol. The molecule has 1 heterocycles. The molecule has 3 rings (SSSR count). The highest BCUT2D eigenvalue weighted by molar-refractivity contribution is 5.91. The largest absolute Gasteiger partial charge is 0.336 e. The monoisotopic (exact) mass is 310 g/mol. The third-order valence-electron chi connectivity index (χ3n) is 3.39. The minimum absolute atomic E-state index is 0.243. The molecule has 1 aromatic heterocycles. The standard InChI is InChI=1S/C17H15FN4O/c1-21(11-13-6-5-7-14(18)10-13)17(23)16-12-22(20-19-16)15-8-3-2-4-9-15/h2-10,12H,11H2,1H3. The molecule has 116 valence electrons. The second-order valence-electron chi connectivity index (χ2n) is 5.18. The van der Waals surface area contributed by atoms with Crippen molar-refractivity contribution in [3.05, 3.63) is 77.9 Å². The van der Waals surface area contributed by atoms with Gasteiger partial charge in [-0.05, 0) is 29.8 Å². The summed E-state index contributed by atoms with van der Waals surface area (Å²) in [6, 6.07) is 15.6. The Bertz CT molecular complexity index is 816. The second kappa shape index (κ2) is 6.39. The van der Waals surface area contributed by atoms with E-state index in [1.165, 1.54) is 17.0 Å². The van der Waals surface area contributed by atoms with E-state index in [0.29, 0.717) is 6.54 Å². The van der Waals surface area contributed by atoms with Crippen LogP contribution in [0.4, 0.5) is 4.39 Å². The summed E-state index contributed by atoms with van der Waals surface area (Å²) in [5, 5.41) is 7.89. The molecule has 0 fully saturated rings. The zero-order chi connectivity index (χ0) is 16.2. The van der Waals surface area contributed by atoms with E-state index in [1.807, 2.05) is 30.3 Å². The van der Waals surface area contributed by atoms with Gasteiger partial charge in [-0.1, -0.05) is 35.5 Å². The molecule has 0 aliphatic heterocycles. The lowest BCUT2D eigenvalue weighted by Crippen LogP contribution is -2.26. The molecule has 0 bridgehead atoms. The number of halogens is 1. The summed E-state index contributed by atoms with van der Waals surface area (Å²) in [4.78, 5) is 13.9. The molecule has 0 spiro atoms. The van der Waals surface area contributed by atoms with E-state index in [-0.39, 0.29) is 17.4 Å². The summed E-state index contributed by atoms with van der Waals surface area (Å²) in [7, 11) is 1.65. The fourth-order valence-corrected chi connectivity index (χ4v) is 2.25. The fourth-order valence-electron chi connectivity index (χ4n) is 2.25. The van der Waals surface area contributed by atoms with E-state index in [2.05, 4.69) is 10.3 Å². The van der Waals surface area contributed by atoms with Gasteiger partial charge in [0.2, 0.25) is 0 Å². The third kappa shape index (κ3) is 3.42. The molecule has 23 heavy (non-hydrogen) atoms. The molecule has 3 aromatic rings. The lowest BCUT2D eigenvalue weighted by Gasteiger charge is -2.15. The molecule has 6 heteroatoms. The van der Waals surface area contributed by atoms with Gasteiger partial charge in [-0.15, -0.1) is 5.10 Å². The van der Waals surface area contributed by atoms with Gasteiger partial charge in [-0.3, -0.25) is 4.79 Å². The van der Waals surface area contributed by atoms with Crippen LogP contribution in [0.15, 0.2) is 60.8 Å². The lowest BCUT2D eigenvalue weighted by atomic mass is 10.2. The van der Waals surface area contributed by atoms with Crippen LogP contribution in [0.3, 0.4) is 0 Å². The molecule has 0 aliphatic rings. The van der Waals surface area contributed by atoms with Crippen LogP contribution in [0, 0.1) is 5.82 Å². The minimum atomic E-state index is -0.321. The Morgan fingerprint density at radius 2 is 1.96 bits per heavy atom. The third-order valence-corrected chi connectivity index (χ3v) is 3.39. The van der Waals surface area contributed by atoms with Crippen LogP contribution < -0.4 is 0 Å². The van der Waals surface area contributed by atoms with Crippen LogP contribution in [-0.4, -0.2) is 32.8 Å². The van der Waals surface area contributed by atoms with Gasteiger partial charge >= 0.3 is 0 Å². The zero-order valence-electron chi connectivity index (χ0n) is 12.6. The molecule has 2 aromatic carbocycles. The van der Waals surface area contributed by atoms with E-state index in [4.69, 9.17) is 0 Å². The number of benzene rings is 2. The van der Waals surface area contributed by atoms with Crippen LogP contribution in [0.25, 0.3) is 5.69 Å². The van der Waals surface area contributed by atoms with Gasteiger partial charge < -0.3 is 4.90 Å². The number of amides is 1. The average Bonchev–Trinajstić information content (AvgIpc) is 3.05. The van der Waals surface area contributed by atoms with Crippen molar-refractivity contribution in [3.8, 4) is 5.69 Å². The number of carbonyl (C=O) groups is 1. The number of para-hydroxylation sites is 1. The van der Waals surface area contributed by atoms with Crippen LogP contribution in [-0.2, 0) is 6.54 Å². The topological polar surface area (TPSA) is 51.0 Å². The summed E-state index contributed by atoms with van der Waals surface area (Å²) in [6.45, 7) is 0.300. The molecule has 0 unspecified atom stereocenters. The second-order valence-corrected chi connectivity index (χ2v) is 5.18. The molecule has 0 radical (unpaired) electrons. The van der Waals surface area contributed by atoms with Crippen LogP contribution in [0.5, 0.6) is 0 Å². The number of hydrogen-bond acceptors (Lipinski definition) is 3. The van der Waals surface area contributed by atoms with Crippen molar-refractivity contribution in [2.75, 3.05) is 7.05 Å². The Kier molecular flexibility index (Phi) is 4.14. The first kappa shape index (κ1) is 14.9. The quantitative estimate of drug-likeness (QED) is 0.744. The molecule has 0 saturated heterocycles. The first-order chi connectivity index (χ1) is 11.1. The van der Waals surface area contributed by atoms with E-state index in [0.717, 1.165) is 11.3 Å². The first-order valence-electron chi connectivity index (χ1n) is 7.11. The van der Waals surface area contributed by atoms with Crippen LogP contribution in [0.2, 0.25) is 0 Å². The van der Waals surface area contributed by atoms with Gasteiger partial charge in [0.1, 0.15) is 5.82 Å². The highest BCUT2D eigenvalue weighted by atomic mass is 19.1. The average molecular weight is 310 g/mol. The number of aromatic nitrogens is 3. The summed E-state index contributed by atoms with van der Waals surface area (Å²) in [5.41, 5.74) is 1.79. The Hall–Kier alpha value is -3.02. The smallest absolute Gasteiger partial charge is 0.276 e. The van der Waals surface area contributed by atoms with Crippen molar-refractivity contribution < 1.29 is 9.18 Å². The SMILES string of the molecule is CN(Cc1cccc(F)c1)C(=O)c1cn(-c2ccccc2)nn1. The molecule has 1 amide bonds. The maximum Gasteiger partial charge on any atom is 0.276 e. The van der Waals surface area contributed by atoms with Gasteiger partial charge in [-0.25, -0.2) is 9.07 Å². The van der Waals surface area contributed by atoms with E-state index in [1.54, 1.807) is 30.1 Å². The summed E-state index contributed by atoms with van der Waals surface area (Å²) in [5.74, 6) is -0.588. The molecule has 0 saturated carbocycles. The van der Waals surface area contributed by atoms with E-state index >= 15 is 0 Å². The number of carbonyl (C=O) groups excluding carboxylic acids is 1. The Labute approximate surface area is 133 Å². The zero-order valence-corrected chi connectivity index (χ0v) is 12.6. The lowest BCUT2D eigenvalue weighted by molar-refractivity contribution is 0.0779. The number of hydrogen-bond donors (Lipinski definition) is 0. The normalized spacial score (nSPS) is 10.5. The van der Waals surface area contributed by atoms with Gasteiger partial charge in [0.25, 0.3) is 5.91 Å². The predicted octanol–water partition coefficient (Wildman–Crippen LogP) is 2.68. The van der Waals surface area contributed by atoms with Crippen molar-refractivity contribution in [2.24, 2.45) is 0 Å². The van der Waals surface area contributed by atoms with Crippen LogP contribution in [0.1, 0.15) is 16.1 Å². The maximum atomic E-state index is 13.2. The summed E-state index contributed by atoms with van der Waals surface area (Å²) in [6.07, 6.45) is 1.58. The highest BCUT2D eigenvalue weighted by Gasteiger charge is 2.16. The molecule has 5 nitrogen and oxygen atoms in total. The maximum absolute atomic E-state index is 13.2. The van der Waals surface area contributed by atoms with Gasteiger partial charge in [0.05, 0.1) is 11.9 Å². The molecular formula is C17H15FN4O. The Balaban J connectivity index is 1.74. The highest BCUT2D eigenvalue weighted by Crippen LogP contribution is 2.10. The summed E-state index contributed by atoms with van der Waals surface area (Å²) >= 11 is 0. The summed E-state index contributed by atoms with van der Waals surface area (Å²) < 4.78 is 14.7. The fraction of sp³-hybridized carbons (Fsp3) is 0.118. The van der Waals surface area contributed by atoms with Crippen molar-refractivity contribution >= 4 is 5.91 Å². The predicted molar refractivity (Wildman–Crippen MR) is 83.6 cm³/mol. The molecule has 0 N–H and O–H groups in total. The van der Waals surface area contributed by atoms with Gasteiger partial charge in [0, 0.05) is 13.6 Å². The van der Waals surface area contributed by atoms with Crippen molar-refractivity contribution in [2.45, 2.75) is 6.54 Å². The van der Waals surface area contributed by atoms with Gasteiger partial charge in [0.15, 0.2) is 5.69 Å². The Morgan fingerprint density at radius 1 is 1.17 bits per heavy atom. The van der Waals surface area contributed by atoms with Crippen LogP contribution >= 0.6 is 0 Å². The number of nitrogens with zero attached hydrogens (tertiary/aromatic N) is 4. The van der Waals surface area contributed by atoms with Gasteiger partial charge in [-0.2, -0.15) is 0 Å². The molecule has 0 atom stereocenters. The first-order valence-corrected chi connectivity index (χ1v) is 7.11.